The maximum Gasteiger partial charge on any atom is 0.335 e. The van der Waals surface area contributed by atoms with Gasteiger partial charge < -0.3 is 29.9 Å². The number of aliphatic hydroxyl groups is 3. The lowest BCUT2D eigenvalue weighted by Gasteiger charge is -2.43. The van der Waals surface area contributed by atoms with Gasteiger partial charge in [0.05, 0.1) is 19.4 Å². The van der Waals surface area contributed by atoms with Crippen molar-refractivity contribution >= 4 is 17.6 Å². The summed E-state index contributed by atoms with van der Waals surface area (Å²) in [5, 5.41) is 49.2. The molecule has 6 atom stereocenters. The van der Waals surface area contributed by atoms with Crippen molar-refractivity contribution in [3.63, 3.8) is 0 Å². The van der Waals surface area contributed by atoms with Crippen molar-refractivity contribution in [3.8, 4) is 11.3 Å². The average molecular weight is 544 g/mol. The topological polar surface area (TPSA) is 147 Å². The number of aliphatic hydroxyl groups excluding tert-OH is 3. The maximum absolute atomic E-state index is 13.7. The molecule has 1 fully saturated rings. The van der Waals surface area contributed by atoms with E-state index in [9.17, 15) is 38.4 Å². The summed E-state index contributed by atoms with van der Waals surface area (Å²) in [5.41, 5.74) is 0.231. The van der Waals surface area contributed by atoms with E-state index in [2.05, 4.69) is 10.3 Å². The smallest absolute Gasteiger partial charge is 0.335 e. The highest BCUT2D eigenvalue weighted by Gasteiger charge is 2.50. The van der Waals surface area contributed by atoms with Gasteiger partial charge in [-0.1, -0.05) is 28.9 Å². The first-order chi connectivity index (χ1) is 17.6. The second-order valence-corrected chi connectivity index (χ2v) is 8.77. The van der Waals surface area contributed by atoms with E-state index in [1.807, 2.05) is 0 Å². The molecule has 3 unspecified atom stereocenters. The lowest BCUT2D eigenvalue weighted by atomic mass is 9.90. The van der Waals surface area contributed by atoms with E-state index >= 15 is 0 Å². The Balaban J connectivity index is 1.62. The first-order valence-electron chi connectivity index (χ1n) is 10.9. The fourth-order valence-corrected chi connectivity index (χ4v) is 4.28. The minimum atomic E-state index is -1.76. The van der Waals surface area contributed by atoms with E-state index in [1.165, 1.54) is 0 Å². The van der Waals surface area contributed by atoms with Crippen LogP contribution in [-0.2, 0) is 20.9 Å². The third-order valence-corrected chi connectivity index (χ3v) is 6.12. The Kier molecular flexibility index (Phi) is 8.11. The Morgan fingerprint density at radius 3 is 2.49 bits per heavy atom. The van der Waals surface area contributed by atoms with Gasteiger partial charge in [0, 0.05) is 10.6 Å². The molecule has 0 radical (unpaired) electrons. The lowest BCUT2D eigenvalue weighted by Crippen LogP contribution is -2.60. The highest BCUT2D eigenvalue weighted by molar-refractivity contribution is 6.30. The maximum atomic E-state index is 13.7. The van der Waals surface area contributed by atoms with Gasteiger partial charge in [-0.05, 0) is 29.8 Å². The van der Waals surface area contributed by atoms with Crippen LogP contribution < -0.4 is 0 Å². The van der Waals surface area contributed by atoms with E-state index in [1.54, 1.807) is 24.3 Å². The zero-order chi connectivity index (χ0) is 26.9. The quantitative estimate of drug-likeness (QED) is 0.312. The van der Waals surface area contributed by atoms with Crippen molar-refractivity contribution in [2.75, 3.05) is 6.61 Å². The Bertz CT molecular complexity index is 1260. The second-order valence-electron chi connectivity index (χ2n) is 8.33. The van der Waals surface area contributed by atoms with Gasteiger partial charge in [0.2, 0.25) is 0 Å². The largest absolute Gasteiger partial charge is 0.479 e. The van der Waals surface area contributed by atoms with Gasteiger partial charge in [-0.3, -0.25) is 0 Å². The molecule has 4 rings (SSSR count). The van der Waals surface area contributed by atoms with Crippen LogP contribution in [0.2, 0.25) is 5.02 Å². The predicted octanol–water partition coefficient (Wildman–Crippen LogP) is 1.71. The van der Waals surface area contributed by atoms with Gasteiger partial charge in [-0.2, -0.15) is 0 Å². The molecule has 0 spiro atoms. The molecule has 0 bridgehead atoms. The summed E-state index contributed by atoms with van der Waals surface area (Å²) in [5.74, 6) is -6.08. The molecule has 2 heterocycles. The van der Waals surface area contributed by atoms with Crippen molar-refractivity contribution < 1.29 is 47.9 Å². The summed E-state index contributed by atoms with van der Waals surface area (Å²) in [6.45, 7) is -0.965. The Hall–Kier alpha value is -3.07. The van der Waals surface area contributed by atoms with E-state index < -0.39 is 66.6 Å². The number of halogens is 4. The van der Waals surface area contributed by atoms with Gasteiger partial charge >= 0.3 is 5.97 Å². The monoisotopic (exact) mass is 543 g/mol. The lowest BCUT2D eigenvalue weighted by molar-refractivity contribution is -0.238. The number of aliphatic carboxylic acids is 1. The minimum Gasteiger partial charge on any atom is -0.479 e. The molecule has 0 saturated carbocycles. The van der Waals surface area contributed by atoms with Crippen LogP contribution in [-0.4, -0.2) is 78.5 Å². The van der Waals surface area contributed by atoms with Gasteiger partial charge in [0.1, 0.15) is 36.2 Å². The zero-order valence-electron chi connectivity index (χ0n) is 18.8. The third kappa shape index (κ3) is 5.61. The van der Waals surface area contributed by atoms with Crippen LogP contribution in [0.3, 0.4) is 0 Å². The number of rotatable bonds is 8. The van der Waals surface area contributed by atoms with Crippen molar-refractivity contribution in [1.29, 1.82) is 0 Å². The minimum absolute atomic E-state index is 0.132. The summed E-state index contributed by atoms with van der Waals surface area (Å²) in [4.78, 5) is 12.0. The van der Waals surface area contributed by atoms with Crippen molar-refractivity contribution in [2.24, 2.45) is 0 Å². The van der Waals surface area contributed by atoms with Crippen molar-refractivity contribution in [1.82, 2.24) is 15.0 Å². The molecule has 1 aliphatic heterocycles. The van der Waals surface area contributed by atoms with Gasteiger partial charge in [0.15, 0.2) is 23.6 Å². The van der Waals surface area contributed by atoms with Crippen LogP contribution in [0.25, 0.3) is 11.3 Å². The van der Waals surface area contributed by atoms with E-state index in [0.717, 1.165) is 10.9 Å². The first-order valence-corrected chi connectivity index (χ1v) is 11.3. The van der Waals surface area contributed by atoms with Crippen LogP contribution >= 0.6 is 11.6 Å². The molecule has 10 nitrogen and oxygen atoms in total. The summed E-state index contributed by atoms with van der Waals surface area (Å²) >= 11 is 5.94. The first kappa shape index (κ1) is 27.0. The normalized spacial score (nSPS) is 24.7. The average Bonchev–Trinajstić information content (AvgIpc) is 3.33. The fraction of sp³-hybridized carbons (Fsp3) is 0.348. The molecule has 1 aliphatic rings. The van der Waals surface area contributed by atoms with E-state index in [-0.39, 0.29) is 17.9 Å². The molecule has 3 aromatic rings. The number of hydrogen-bond acceptors (Lipinski definition) is 8. The van der Waals surface area contributed by atoms with Gasteiger partial charge in [-0.25, -0.2) is 22.6 Å². The molecular weight excluding hydrogens is 523 g/mol. The van der Waals surface area contributed by atoms with Crippen LogP contribution in [0, 0.1) is 17.5 Å². The number of ether oxygens (including phenoxy) is 2. The third-order valence-electron chi connectivity index (χ3n) is 5.88. The van der Waals surface area contributed by atoms with Crippen LogP contribution in [0.15, 0.2) is 42.6 Å². The molecule has 2 aromatic carbocycles. The number of carboxylic acids is 1. The molecule has 0 amide bonds. The molecule has 1 aromatic heterocycles. The number of benzene rings is 2. The highest BCUT2D eigenvalue weighted by Crippen LogP contribution is 2.33. The van der Waals surface area contributed by atoms with Crippen LogP contribution in [0.5, 0.6) is 0 Å². The number of nitrogens with zero attached hydrogens (tertiary/aromatic N) is 3. The summed E-state index contributed by atoms with van der Waals surface area (Å²) < 4.78 is 52.6. The number of aromatic nitrogens is 3. The zero-order valence-corrected chi connectivity index (χ0v) is 19.5. The molecule has 4 N–H and O–H groups in total. The molecule has 1 saturated heterocycles. The SMILES string of the molecule is O=C(O)[C@@H](OCc1cccc(Cl)c1)[C@@H]1OC(CO)[C@H](O)C(n2cc(-c3cc(F)c(F)c(F)c3)nn2)C1O. The van der Waals surface area contributed by atoms with Crippen molar-refractivity contribution in [2.45, 2.75) is 43.2 Å². The molecule has 37 heavy (non-hydrogen) atoms. The Labute approximate surface area is 212 Å². The van der Waals surface area contributed by atoms with Crippen molar-refractivity contribution in [3.05, 3.63) is 70.6 Å². The number of carbonyl (C=O) groups is 1. The number of carboxylic acid groups (broad SMARTS) is 1. The standard InChI is InChI=1S/C23H21ClF3N3O7/c24-12-3-1-2-10(4-12)9-36-22(23(34)35)21-20(33)18(19(32)16(8-31)37-21)30-7-15(28-29-30)11-5-13(25)17(27)14(26)6-11/h1-7,16,18-22,31-33H,8-9H2,(H,34,35)/t16?,18?,19-,20?,21+,22-/m0/s1. The van der Waals surface area contributed by atoms with Gasteiger partial charge in [-0.15, -0.1) is 5.10 Å². The van der Waals surface area contributed by atoms with E-state index in [0.29, 0.717) is 22.7 Å². The molecule has 0 aliphatic carbocycles. The number of hydrogen-bond donors (Lipinski definition) is 4. The molecule has 14 heteroatoms. The summed E-state index contributed by atoms with van der Waals surface area (Å²) in [6, 6.07) is 6.42. The molecule has 198 valence electrons. The molecular formula is C23H21ClF3N3O7. The highest BCUT2D eigenvalue weighted by atomic mass is 35.5. The van der Waals surface area contributed by atoms with E-state index in [4.69, 9.17) is 21.1 Å². The summed E-state index contributed by atoms with van der Waals surface area (Å²) in [6.07, 6.45) is -6.94. The predicted molar refractivity (Wildman–Crippen MR) is 120 cm³/mol. The Morgan fingerprint density at radius 1 is 1.16 bits per heavy atom. The Morgan fingerprint density at radius 2 is 1.86 bits per heavy atom. The summed E-state index contributed by atoms with van der Waals surface area (Å²) in [7, 11) is 0. The fourth-order valence-electron chi connectivity index (χ4n) is 4.07. The van der Waals surface area contributed by atoms with Gasteiger partial charge in [0.25, 0.3) is 0 Å². The second kappa shape index (κ2) is 11.1. The van der Waals surface area contributed by atoms with Crippen LogP contribution in [0.1, 0.15) is 11.6 Å². The van der Waals surface area contributed by atoms with Crippen LogP contribution in [0.4, 0.5) is 13.2 Å².